The monoisotopic (exact) mass is 316 g/mol. The second-order valence-electron chi connectivity index (χ2n) is 7.18. The van der Waals surface area contributed by atoms with Gasteiger partial charge in [0.15, 0.2) is 0 Å². The lowest BCUT2D eigenvalue weighted by atomic mass is 9.67. The number of alkyl halides is 1. The van der Waals surface area contributed by atoms with Gasteiger partial charge >= 0.3 is 0 Å². The third kappa shape index (κ3) is 3.17. The fourth-order valence-corrected chi connectivity index (χ4v) is 4.62. The van der Waals surface area contributed by atoms with E-state index in [1.165, 1.54) is 12.8 Å². The van der Waals surface area contributed by atoms with E-state index in [9.17, 15) is 0 Å². The largest absolute Gasteiger partial charge is 0.271 e. The van der Waals surface area contributed by atoms with Gasteiger partial charge in [0.2, 0.25) is 0 Å². The summed E-state index contributed by atoms with van der Waals surface area (Å²) in [5, 5.41) is 5.52. The van der Waals surface area contributed by atoms with E-state index >= 15 is 0 Å². The van der Waals surface area contributed by atoms with Crippen molar-refractivity contribution in [1.82, 2.24) is 9.78 Å². The van der Waals surface area contributed by atoms with E-state index in [0.29, 0.717) is 5.92 Å². The molecule has 1 aliphatic rings. The Morgan fingerprint density at radius 3 is 2.50 bits per heavy atom. The highest BCUT2D eigenvalue weighted by molar-refractivity contribution is 6.31. The topological polar surface area (TPSA) is 17.8 Å². The molecule has 0 bridgehead atoms. The van der Waals surface area contributed by atoms with Crippen molar-refractivity contribution in [1.29, 1.82) is 0 Å². The van der Waals surface area contributed by atoms with Crippen molar-refractivity contribution in [3.05, 3.63) is 16.4 Å². The van der Waals surface area contributed by atoms with Crippen LogP contribution in [0.1, 0.15) is 51.4 Å². The minimum absolute atomic E-state index is 0.149. The van der Waals surface area contributed by atoms with Gasteiger partial charge < -0.3 is 0 Å². The fourth-order valence-electron chi connectivity index (χ4n) is 3.63. The van der Waals surface area contributed by atoms with Crippen LogP contribution >= 0.6 is 23.2 Å². The normalized spacial score (nSPS) is 27.9. The van der Waals surface area contributed by atoms with Gasteiger partial charge in [0.05, 0.1) is 16.4 Å². The first kappa shape index (κ1) is 16.2. The number of aryl methyl sites for hydroxylation is 2. The van der Waals surface area contributed by atoms with Crippen LogP contribution in [0.4, 0.5) is 0 Å². The molecule has 1 heterocycles. The molecule has 1 aromatic rings. The summed E-state index contributed by atoms with van der Waals surface area (Å²) in [4.78, 5) is 0. The molecule has 3 atom stereocenters. The summed E-state index contributed by atoms with van der Waals surface area (Å²) in [5.41, 5.74) is 2.20. The van der Waals surface area contributed by atoms with Gasteiger partial charge in [0, 0.05) is 12.4 Å². The number of rotatable bonds is 3. The van der Waals surface area contributed by atoms with Gasteiger partial charge in [-0.2, -0.15) is 5.10 Å². The first-order chi connectivity index (χ1) is 9.22. The summed E-state index contributed by atoms with van der Waals surface area (Å²) >= 11 is 13.1. The van der Waals surface area contributed by atoms with Crippen molar-refractivity contribution in [2.75, 3.05) is 0 Å². The second-order valence-corrected chi connectivity index (χ2v) is 8.11. The van der Waals surface area contributed by atoms with Crippen molar-refractivity contribution >= 4 is 23.2 Å². The molecule has 0 aliphatic heterocycles. The van der Waals surface area contributed by atoms with Crippen molar-refractivity contribution in [3.63, 3.8) is 0 Å². The molecule has 3 unspecified atom stereocenters. The van der Waals surface area contributed by atoms with Crippen molar-refractivity contribution in [2.45, 2.75) is 58.8 Å². The molecule has 1 aliphatic carbocycles. The van der Waals surface area contributed by atoms with Gasteiger partial charge in [-0.05, 0) is 43.4 Å². The Hall–Kier alpha value is -0.210. The highest BCUT2D eigenvalue weighted by Gasteiger charge is 2.39. The smallest absolute Gasteiger partial charge is 0.0847 e. The highest BCUT2D eigenvalue weighted by Crippen LogP contribution is 2.45. The summed E-state index contributed by atoms with van der Waals surface area (Å²) in [5.74, 6) is 1.30. The van der Waals surface area contributed by atoms with Crippen molar-refractivity contribution in [2.24, 2.45) is 24.3 Å². The maximum absolute atomic E-state index is 6.66. The van der Waals surface area contributed by atoms with E-state index < -0.39 is 0 Å². The predicted octanol–water partition coefficient (Wildman–Crippen LogP) is 4.99. The van der Waals surface area contributed by atoms with Gasteiger partial charge in [-0.15, -0.1) is 11.6 Å². The van der Waals surface area contributed by atoms with Gasteiger partial charge in [-0.25, -0.2) is 0 Å². The average Bonchev–Trinajstić information content (AvgIpc) is 2.55. The van der Waals surface area contributed by atoms with Crippen LogP contribution in [0.3, 0.4) is 0 Å². The first-order valence-corrected chi connectivity index (χ1v) is 8.36. The minimum atomic E-state index is 0.149. The molecule has 0 aromatic carbocycles. The Kier molecular flexibility index (Phi) is 4.76. The Labute approximate surface area is 132 Å². The lowest BCUT2D eigenvalue weighted by molar-refractivity contribution is 0.139. The number of halogens is 2. The third-order valence-electron chi connectivity index (χ3n) is 4.92. The zero-order valence-electron chi connectivity index (χ0n) is 13.2. The van der Waals surface area contributed by atoms with Gasteiger partial charge in [0.1, 0.15) is 0 Å². The predicted molar refractivity (Wildman–Crippen MR) is 86.6 cm³/mol. The van der Waals surface area contributed by atoms with Gasteiger partial charge in [0.25, 0.3) is 0 Å². The van der Waals surface area contributed by atoms with Crippen LogP contribution in [0, 0.1) is 24.2 Å². The minimum Gasteiger partial charge on any atom is -0.271 e. The lowest BCUT2D eigenvalue weighted by Gasteiger charge is -2.42. The lowest BCUT2D eigenvalue weighted by Crippen LogP contribution is -2.37. The van der Waals surface area contributed by atoms with Crippen LogP contribution in [0.2, 0.25) is 5.02 Å². The van der Waals surface area contributed by atoms with E-state index in [0.717, 1.165) is 35.2 Å². The summed E-state index contributed by atoms with van der Waals surface area (Å²) in [6.45, 7) is 8.91. The van der Waals surface area contributed by atoms with Crippen molar-refractivity contribution in [3.8, 4) is 0 Å². The molecule has 20 heavy (non-hydrogen) atoms. The van der Waals surface area contributed by atoms with E-state index in [1.807, 2.05) is 18.7 Å². The Morgan fingerprint density at radius 1 is 1.35 bits per heavy atom. The quantitative estimate of drug-likeness (QED) is 0.718. The number of hydrogen-bond donors (Lipinski definition) is 0. The molecule has 1 fully saturated rings. The van der Waals surface area contributed by atoms with Gasteiger partial charge in [-0.1, -0.05) is 38.8 Å². The van der Waals surface area contributed by atoms with Crippen molar-refractivity contribution < 1.29 is 0 Å². The van der Waals surface area contributed by atoms with Gasteiger partial charge in [-0.3, -0.25) is 4.68 Å². The molecule has 114 valence electrons. The molecule has 1 saturated carbocycles. The first-order valence-electron chi connectivity index (χ1n) is 7.54. The molecule has 0 spiro atoms. The van der Waals surface area contributed by atoms with Crippen LogP contribution in [-0.4, -0.2) is 15.2 Å². The van der Waals surface area contributed by atoms with E-state index in [-0.39, 0.29) is 10.8 Å². The number of hydrogen-bond acceptors (Lipinski definition) is 1. The molecule has 0 amide bonds. The Morgan fingerprint density at radius 2 is 2.00 bits per heavy atom. The SMILES string of the molecule is Cc1nn(C)c(CC(C)(C)C2CCC(C)CC2Cl)c1Cl. The van der Waals surface area contributed by atoms with Crippen LogP contribution < -0.4 is 0 Å². The molecule has 0 N–H and O–H groups in total. The van der Waals surface area contributed by atoms with E-state index in [1.54, 1.807) is 0 Å². The molecule has 1 aromatic heterocycles. The van der Waals surface area contributed by atoms with Crippen LogP contribution in [0.25, 0.3) is 0 Å². The average molecular weight is 317 g/mol. The maximum atomic E-state index is 6.66. The molecule has 0 saturated heterocycles. The molecule has 0 radical (unpaired) electrons. The zero-order chi connectivity index (χ0) is 15.1. The van der Waals surface area contributed by atoms with E-state index in [4.69, 9.17) is 23.2 Å². The molecular formula is C16H26Cl2N2. The second kappa shape index (κ2) is 5.88. The fraction of sp³-hybridized carbons (Fsp3) is 0.812. The summed E-state index contributed by atoms with van der Waals surface area (Å²) in [6.07, 6.45) is 4.57. The molecular weight excluding hydrogens is 291 g/mol. The third-order valence-corrected chi connectivity index (χ3v) is 5.90. The Bertz CT molecular complexity index is 479. The summed E-state index contributed by atoms with van der Waals surface area (Å²) in [6, 6.07) is 0. The van der Waals surface area contributed by atoms with Crippen LogP contribution in [0.15, 0.2) is 0 Å². The molecule has 2 rings (SSSR count). The van der Waals surface area contributed by atoms with Crippen LogP contribution in [0.5, 0.6) is 0 Å². The summed E-state index contributed by atoms with van der Waals surface area (Å²) in [7, 11) is 1.98. The standard InChI is InChI=1S/C16H26Cl2N2/c1-10-6-7-12(13(17)8-10)16(3,4)9-14-15(18)11(2)19-20(14)5/h10,12-13H,6-9H2,1-5H3. The zero-order valence-corrected chi connectivity index (χ0v) is 14.7. The maximum Gasteiger partial charge on any atom is 0.0847 e. The molecule has 2 nitrogen and oxygen atoms in total. The van der Waals surface area contributed by atoms with Crippen LogP contribution in [-0.2, 0) is 13.5 Å². The highest BCUT2D eigenvalue weighted by atomic mass is 35.5. The number of aromatic nitrogens is 2. The summed E-state index contributed by atoms with van der Waals surface area (Å²) < 4.78 is 1.92. The Balaban J connectivity index is 2.18. The number of nitrogens with zero attached hydrogens (tertiary/aromatic N) is 2. The van der Waals surface area contributed by atoms with E-state index in [2.05, 4.69) is 25.9 Å². The molecule has 4 heteroatoms.